The van der Waals surface area contributed by atoms with Crippen molar-refractivity contribution in [1.82, 2.24) is 9.80 Å². The number of hydrogen-bond donors (Lipinski definition) is 0. The van der Waals surface area contributed by atoms with Gasteiger partial charge in [-0.05, 0) is 39.4 Å². The van der Waals surface area contributed by atoms with Gasteiger partial charge >= 0.3 is 6.09 Å². The van der Waals surface area contributed by atoms with Gasteiger partial charge in [0.2, 0.25) is 0 Å². The third kappa shape index (κ3) is 3.27. The summed E-state index contributed by atoms with van der Waals surface area (Å²) in [7, 11) is 4.21. The molecular formula is C17H24N2O2. The van der Waals surface area contributed by atoms with Gasteiger partial charge in [-0.15, -0.1) is 0 Å². The predicted octanol–water partition coefficient (Wildman–Crippen LogP) is 3.21. The zero-order valence-electron chi connectivity index (χ0n) is 13.1. The molecule has 0 saturated carbocycles. The first-order chi connectivity index (χ1) is 9.95. The predicted molar refractivity (Wildman–Crippen MR) is 83.9 cm³/mol. The van der Waals surface area contributed by atoms with Gasteiger partial charge in [0, 0.05) is 18.6 Å². The first-order valence-corrected chi connectivity index (χ1v) is 7.31. The molecule has 1 aliphatic heterocycles. The molecule has 0 bridgehead atoms. The van der Waals surface area contributed by atoms with Crippen LogP contribution in [0.4, 0.5) is 4.79 Å². The standard InChI is InChI=1S/C17H24N2O2/c1-14(2)21-16(20)19-12-10-17(11-13-19,18(3)4)15-8-6-5-7-9-15/h5-9H,1,10-13H2,2-4H3. The van der Waals surface area contributed by atoms with E-state index < -0.39 is 0 Å². The van der Waals surface area contributed by atoms with Gasteiger partial charge < -0.3 is 9.64 Å². The normalized spacial score (nSPS) is 17.6. The van der Waals surface area contributed by atoms with Gasteiger partial charge in [-0.3, -0.25) is 4.90 Å². The molecule has 1 aromatic carbocycles. The molecule has 1 heterocycles. The first-order valence-electron chi connectivity index (χ1n) is 7.31. The second-order valence-corrected chi connectivity index (χ2v) is 5.85. The van der Waals surface area contributed by atoms with Crippen LogP contribution in [0.1, 0.15) is 25.3 Å². The summed E-state index contributed by atoms with van der Waals surface area (Å²) in [5.74, 6) is 0.438. The Hall–Kier alpha value is -1.81. The number of ether oxygens (including phenoxy) is 1. The lowest BCUT2D eigenvalue weighted by Gasteiger charge is -2.46. The van der Waals surface area contributed by atoms with Gasteiger partial charge in [-0.2, -0.15) is 0 Å². The van der Waals surface area contributed by atoms with Gasteiger partial charge in [0.1, 0.15) is 0 Å². The Morgan fingerprint density at radius 2 is 1.81 bits per heavy atom. The van der Waals surface area contributed by atoms with Crippen LogP contribution in [0, 0.1) is 0 Å². The van der Waals surface area contributed by atoms with Crippen LogP contribution in [-0.2, 0) is 10.3 Å². The average molecular weight is 288 g/mol. The summed E-state index contributed by atoms with van der Waals surface area (Å²) in [4.78, 5) is 16.0. The molecular weight excluding hydrogens is 264 g/mol. The Bertz CT molecular complexity index is 503. The van der Waals surface area contributed by atoms with Crippen LogP contribution in [0.2, 0.25) is 0 Å². The number of rotatable bonds is 3. The van der Waals surface area contributed by atoms with E-state index in [9.17, 15) is 4.79 Å². The van der Waals surface area contributed by atoms with Crippen LogP contribution in [-0.4, -0.2) is 43.1 Å². The van der Waals surface area contributed by atoms with Crippen molar-refractivity contribution in [1.29, 1.82) is 0 Å². The van der Waals surface area contributed by atoms with Crippen LogP contribution in [0.3, 0.4) is 0 Å². The van der Waals surface area contributed by atoms with Gasteiger partial charge in [-0.25, -0.2) is 4.79 Å². The Kier molecular flexibility index (Phi) is 4.68. The lowest BCUT2D eigenvalue weighted by atomic mass is 9.80. The Morgan fingerprint density at radius 1 is 1.24 bits per heavy atom. The number of benzene rings is 1. The van der Waals surface area contributed by atoms with Crippen molar-refractivity contribution in [2.24, 2.45) is 0 Å². The van der Waals surface area contributed by atoms with E-state index in [-0.39, 0.29) is 11.6 Å². The van der Waals surface area contributed by atoms with E-state index in [0.29, 0.717) is 18.8 Å². The molecule has 1 fully saturated rings. The van der Waals surface area contributed by atoms with E-state index in [1.807, 2.05) is 6.07 Å². The molecule has 0 N–H and O–H groups in total. The fraction of sp³-hybridized carbons (Fsp3) is 0.471. The SMILES string of the molecule is C=C(C)OC(=O)N1CCC(c2ccccc2)(N(C)C)CC1. The first kappa shape index (κ1) is 15.6. The molecule has 2 rings (SSSR count). The molecule has 0 aromatic heterocycles. The summed E-state index contributed by atoms with van der Waals surface area (Å²) in [6.07, 6.45) is 1.51. The Morgan fingerprint density at radius 3 is 2.29 bits per heavy atom. The van der Waals surface area contributed by atoms with Gasteiger partial charge in [0.15, 0.2) is 0 Å². The number of carbonyl (C=O) groups excluding carboxylic acids is 1. The summed E-state index contributed by atoms with van der Waals surface area (Å²) >= 11 is 0. The summed E-state index contributed by atoms with van der Waals surface area (Å²) in [5, 5.41) is 0. The Labute approximate surface area is 127 Å². The van der Waals surface area contributed by atoms with Crippen LogP contribution >= 0.6 is 0 Å². The maximum Gasteiger partial charge on any atom is 0.414 e. The maximum atomic E-state index is 12.0. The second-order valence-electron chi connectivity index (χ2n) is 5.85. The lowest BCUT2D eigenvalue weighted by molar-refractivity contribution is 0.0490. The summed E-state index contributed by atoms with van der Waals surface area (Å²) in [6, 6.07) is 10.5. The highest BCUT2D eigenvalue weighted by Crippen LogP contribution is 2.37. The van der Waals surface area contributed by atoms with Gasteiger partial charge in [0.05, 0.1) is 5.76 Å². The van der Waals surface area contributed by atoms with Crippen molar-refractivity contribution in [3.8, 4) is 0 Å². The molecule has 1 amide bonds. The minimum atomic E-state index is -0.289. The number of allylic oxidation sites excluding steroid dienone is 1. The van der Waals surface area contributed by atoms with Crippen molar-refractivity contribution in [3.05, 3.63) is 48.2 Å². The summed E-state index contributed by atoms with van der Waals surface area (Å²) in [6.45, 7) is 6.69. The molecule has 0 unspecified atom stereocenters. The van der Waals surface area contributed by atoms with E-state index in [1.54, 1.807) is 11.8 Å². The maximum absolute atomic E-state index is 12.0. The molecule has 0 spiro atoms. The van der Waals surface area contributed by atoms with Crippen LogP contribution in [0.5, 0.6) is 0 Å². The largest absolute Gasteiger partial charge is 0.416 e. The molecule has 114 valence electrons. The fourth-order valence-electron chi connectivity index (χ4n) is 3.02. The van der Waals surface area contributed by atoms with Crippen LogP contribution in [0.15, 0.2) is 42.7 Å². The summed E-state index contributed by atoms with van der Waals surface area (Å²) in [5.41, 5.74) is 1.30. The summed E-state index contributed by atoms with van der Waals surface area (Å²) < 4.78 is 5.10. The number of nitrogens with zero attached hydrogens (tertiary/aromatic N) is 2. The van der Waals surface area contributed by atoms with Crippen molar-refractivity contribution in [3.63, 3.8) is 0 Å². The minimum absolute atomic E-state index is 0.0126. The number of likely N-dealkylation sites (tertiary alicyclic amines) is 1. The third-order valence-corrected chi connectivity index (χ3v) is 4.28. The number of amides is 1. The average Bonchev–Trinajstić information content (AvgIpc) is 2.47. The number of piperidine rings is 1. The monoisotopic (exact) mass is 288 g/mol. The zero-order valence-corrected chi connectivity index (χ0v) is 13.1. The smallest absolute Gasteiger partial charge is 0.414 e. The van der Waals surface area contributed by atoms with Gasteiger partial charge in [0.25, 0.3) is 0 Å². The topological polar surface area (TPSA) is 32.8 Å². The minimum Gasteiger partial charge on any atom is -0.416 e. The molecule has 21 heavy (non-hydrogen) atoms. The second kappa shape index (κ2) is 6.31. The Balaban J connectivity index is 2.12. The lowest BCUT2D eigenvalue weighted by Crippen LogP contribution is -2.51. The quantitative estimate of drug-likeness (QED) is 0.801. The highest BCUT2D eigenvalue weighted by atomic mass is 16.6. The molecule has 1 aromatic rings. The van der Waals surface area contributed by atoms with E-state index in [1.165, 1.54) is 5.56 Å². The molecule has 0 aliphatic carbocycles. The van der Waals surface area contributed by atoms with E-state index in [2.05, 4.69) is 49.8 Å². The van der Waals surface area contributed by atoms with E-state index in [0.717, 1.165) is 12.8 Å². The third-order valence-electron chi connectivity index (χ3n) is 4.28. The number of carbonyl (C=O) groups is 1. The molecule has 4 nitrogen and oxygen atoms in total. The van der Waals surface area contributed by atoms with Crippen molar-refractivity contribution in [2.75, 3.05) is 27.2 Å². The molecule has 1 aliphatic rings. The molecule has 1 saturated heterocycles. The zero-order chi connectivity index (χ0) is 15.5. The molecule has 0 atom stereocenters. The molecule has 4 heteroatoms. The van der Waals surface area contributed by atoms with Crippen LogP contribution in [0.25, 0.3) is 0 Å². The highest BCUT2D eigenvalue weighted by Gasteiger charge is 2.39. The number of hydrogen-bond acceptors (Lipinski definition) is 3. The highest BCUT2D eigenvalue weighted by molar-refractivity contribution is 5.68. The van der Waals surface area contributed by atoms with E-state index >= 15 is 0 Å². The van der Waals surface area contributed by atoms with Crippen molar-refractivity contribution < 1.29 is 9.53 Å². The molecule has 0 radical (unpaired) electrons. The van der Waals surface area contributed by atoms with Crippen molar-refractivity contribution in [2.45, 2.75) is 25.3 Å². The van der Waals surface area contributed by atoms with Crippen LogP contribution < -0.4 is 0 Å². The fourth-order valence-corrected chi connectivity index (χ4v) is 3.02. The van der Waals surface area contributed by atoms with Gasteiger partial charge in [-0.1, -0.05) is 36.9 Å². The van der Waals surface area contributed by atoms with E-state index in [4.69, 9.17) is 4.74 Å². The van der Waals surface area contributed by atoms with Crippen molar-refractivity contribution >= 4 is 6.09 Å².